The van der Waals surface area contributed by atoms with Crippen molar-refractivity contribution in [2.75, 3.05) is 37.5 Å². The van der Waals surface area contributed by atoms with Crippen LogP contribution in [0.25, 0.3) is 22.1 Å². The van der Waals surface area contributed by atoms with Gasteiger partial charge in [0.2, 0.25) is 0 Å². The van der Waals surface area contributed by atoms with Crippen LogP contribution in [0.15, 0.2) is 106 Å². The minimum absolute atomic E-state index is 0.161. The summed E-state index contributed by atoms with van der Waals surface area (Å²) in [6.07, 6.45) is 18.8. The van der Waals surface area contributed by atoms with Crippen LogP contribution >= 0.6 is 11.6 Å². The fourth-order valence-electron chi connectivity index (χ4n) is 10.0. The lowest BCUT2D eigenvalue weighted by molar-refractivity contribution is 0.0983. The highest BCUT2D eigenvalue weighted by Gasteiger charge is 2.23. The largest absolute Gasteiger partial charge is 0.494 e. The summed E-state index contributed by atoms with van der Waals surface area (Å²) in [6, 6.07) is 28.8. The second-order valence-corrected chi connectivity index (χ2v) is 19.6. The van der Waals surface area contributed by atoms with Crippen molar-refractivity contribution < 1.29 is 28.1 Å². The molecular weight excluding hydrogens is 940 g/mol. The van der Waals surface area contributed by atoms with Gasteiger partial charge in [-0.1, -0.05) is 73.1 Å². The molecule has 0 radical (unpaired) electrons. The maximum Gasteiger partial charge on any atom is 0.280 e. The average molecular weight is 1010 g/mol. The maximum atomic E-state index is 12.9. The first kappa shape index (κ1) is 52.4. The highest BCUT2D eigenvalue weighted by Crippen LogP contribution is 2.32. The predicted octanol–water partition coefficient (Wildman–Crippen LogP) is 13.2. The Morgan fingerprint density at radius 3 is 1.55 bits per heavy atom. The fraction of sp³-hybridized carbons (Fsp3) is 0.414. The lowest BCUT2D eigenvalue weighted by Crippen LogP contribution is -2.26. The van der Waals surface area contributed by atoms with Gasteiger partial charge < -0.3 is 37.9 Å². The number of aryl methyl sites for hydroxylation is 2. The molecule has 0 atom stereocenters. The number of carbonyl (C=O) groups excluding carboxylic acids is 2. The maximum absolute atomic E-state index is 12.9. The van der Waals surface area contributed by atoms with E-state index in [1.165, 1.54) is 98.2 Å². The van der Waals surface area contributed by atoms with Crippen molar-refractivity contribution in [1.82, 2.24) is 29.4 Å². The second kappa shape index (κ2) is 25.1. The molecule has 8 aromatic rings. The molecule has 0 unspecified atom stereocenters. The zero-order valence-corrected chi connectivity index (χ0v) is 43.9. The molecule has 0 spiro atoms. The number of carbonyl (C=O) groups is 2. The average Bonchev–Trinajstić information content (AvgIpc) is 4.21. The number of fused-ring (bicyclic) bond motifs is 2. The van der Waals surface area contributed by atoms with E-state index in [-0.39, 0.29) is 11.6 Å². The van der Waals surface area contributed by atoms with Crippen LogP contribution in [0.4, 0.5) is 11.4 Å². The third kappa shape index (κ3) is 13.8. The molecular formula is C58H69ClN8O6. The fourth-order valence-corrected chi connectivity index (χ4v) is 10.1. The smallest absolute Gasteiger partial charge is 0.280 e. The molecule has 0 bridgehead atoms. The third-order valence-electron chi connectivity index (χ3n) is 13.9. The third-order valence-corrected chi connectivity index (χ3v) is 14.0. The van der Waals surface area contributed by atoms with E-state index in [1.807, 2.05) is 45.3 Å². The summed E-state index contributed by atoms with van der Waals surface area (Å²) in [4.78, 5) is 34.4. The normalized spacial score (nSPS) is 14.0. The van der Waals surface area contributed by atoms with Crippen molar-refractivity contribution >= 4 is 56.2 Å². The molecule has 14 nitrogen and oxygen atoms in total. The lowest BCUT2D eigenvalue weighted by atomic mass is 9.89. The van der Waals surface area contributed by atoms with Crippen LogP contribution in [0, 0.1) is 25.7 Å². The molecule has 6 aromatic heterocycles. The monoisotopic (exact) mass is 1010 g/mol. The highest BCUT2D eigenvalue weighted by atomic mass is 35.5. The first-order valence-corrected chi connectivity index (χ1v) is 26.3. The van der Waals surface area contributed by atoms with Gasteiger partial charge in [0.15, 0.2) is 11.4 Å². The highest BCUT2D eigenvalue weighted by molar-refractivity contribution is 6.67. The Balaban J connectivity index is 0.000000170. The summed E-state index contributed by atoms with van der Waals surface area (Å²) in [5, 5.41) is 12.1. The molecule has 384 valence electrons. The molecule has 6 heterocycles. The molecule has 2 aromatic carbocycles. The van der Waals surface area contributed by atoms with Gasteiger partial charge in [-0.15, -0.1) is 0 Å². The predicted molar refractivity (Wildman–Crippen MR) is 288 cm³/mol. The Morgan fingerprint density at radius 2 is 1.12 bits per heavy atom. The summed E-state index contributed by atoms with van der Waals surface area (Å²) in [6.45, 7) is 10.9. The van der Waals surface area contributed by atoms with Crippen LogP contribution in [-0.2, 0) is 25.9 Å². The Bertz CT molecular complexity index is 3050. The zero-order valence-electron chi connectivity index (χ0n) is 43.2. The van der Waals surface area contributed by atoms with Crippen LogP contribution in [-0.4, -0.2) is 67.9 Å². The van der Waals surface area contributed by atoms with Crippen molar-refractivity contribution in [1.29, 1.82) is 0 Å². The lowest BCUT2D eigenvalue weighted by Gasteiger charge is -2.23. The number of halogens is 1. The topological polar surface area (TPSA) is 156 Å². The number of hydrogen-bond acceptors (Lipinski definition) is 11. The molecule has 73 heavy (non-hydrogen) atoms. The molecule has 2 saturated carbocycles. The van der Waals surface area contributed by atoms with Gasteiger partial charge in [-0.2, -0.15) is 0 Å². The van der Waals surface area contributed by atoms with E-state index in [0.717, 1.165) is 71.4 Å². The van der Waals surface area contributed by atoms with Crippen LogP contribution in [0.5, 0.6) is 11.5 Å². The van der Waals surface area contributed by atoms with Gasteiger partial charge in [0.05, 0.1) is 37.0 Å². The van der Waals surface area contributed by atoms with Crippen molar-refractivity contribution in [3.8, 4) is 11.5 Å². The first-order valence-electron chi connectivity index (χ1n) is 25.9. The Kier molecular flexibility index (Phi) is 18.0. The van der Waals surface area contributed by atoms with Crippen molar-refractivity contribution in [3.63, 3.8) is 0 Å². The van der Waals surface area contributed by atoms with Gasteiger partial charge in [0.1, 0.15) is 34.3 Å². The quantitative estimate of drug-likeness (QED) is 0.0919. The van der Waals surface area contributed by atoms with E-state index in [1.54, 1.807) is 38.1 Å². The molecule has 2 aliphatic rings. The van der Waals surface area contributed by atoms with E-state index in [2.05, 4.69) is 83.9 Å². The minimum Gasteiger partial charge on any atom is -0.494 e. The van der Waals surface area contributed by atoms with Crippen LogP contribution < -0.4 is 19.7 Å². The van der Waals surface area contributed by atoms with E-state index in [4.69, 9.17) is 35.6 Å². The van der Waals surface area contributed by atoms with Crippen molar-refractivity contribution in [2.24, 2.45) is 11.8 Å². The summed E-state index contributed by atoms with van der Waals surface area (Å²) in [5.74, 6) is 4.26. The number of ether oxygens (including phenoxy) is 2. The number of pyridine rings is 2. The van der Waals surface area contributed by atoms with Gasteiger partial charge in [-0.05, 0) is 136 Å². The van der Waals surface area contributed by atoms with Crippen LogP contribution in [0.3, 0.4) is 0 Å². The van der Waals surface area contributed by atoms with E-state index < -0.39 is 5.24 Å². The van der Waals surface area contributed by atoms with Crippen molar-refractivity contribution in [2.45, 2.75) is 118 Å². The van der Waals surface area contributed by atoms with Crippen molar-refractivity contribution in [3.05, 3.63) is 143 Å². The Hall–Kier alpha value is -6.93. The SMILES string of the molecule is CCOc1ccc(Cc2cc3cc(N(C)C(=O)c4cc(C)on4)cnc3n2CC2CCCCC2)cc1.CCOc1ccc(Cc2cc3cc(NC)cnc3n2CC2CCCCC2)cc1.Cc1cc(C(=O)Cl)no1. The van der Waals surface area contributed by atoms with E-state index in [9.17, 15) is 9.59 Å². The number of amides is 1. The zero-order chi connectivity index (χ0) is 51.3. The Morgan fingerprint density at radius 1 is 0.658 bits per heavy atom. The molecule has 15 heteroatoms. The number of nitrogens with zero attached hydrogens (tertiary/aromatic N) is 7. The summed E-state index contributed by atoms with van der Waals surface area (Å²) in [7, 11) is 3.69. The molecule has 10 rings (SSSR count). The second-order valence-electron chi connectivity index (χ2n) is 19.3. The van der Waals surface area contributed by atoms with Gasteiger partial charge in [-0.3, -0.25) is 9.59 Å². The summed E-state index contributed by atoms with van der Waals surface area (Å²) in [5.41, 5.74) is 9.48. The number of rotatable bonds is 16. The minimum atomic E-state index is -0.591. The van der Waals surface area contributed by atoms with E-state index in [0.29, 0.717) is 36.3 Å². The Labute approximate surface area is 433 Å². The van der Waals surface area contributed by atoms with Gasteiger partial charge in [-0.25, -0.2) is 9.97 Å². The number of nitrogens with one attached hydrogen (secondary N) is 1. The number of hydrogen-bond donors (Lipinski definition) is 1. The summed E-state index contributed by atoms with van der Waals surface area (Å²) < 4.78 is 25.7. The van der Waals surface area contributed by atoms with Crippen LogP contribution in [0.1, 0.15) is 133 Å². The van der Waals surface area contributed by atoms with Crippen LogP contribution in [0.2, 0.25) is 0 Å². The number of aromatic nitrogens is 6. The molecule has 1 amide bonds. The molecule has 2 fully saturated rings. The van der Waals surface area contributed by atoms with Gasteiger partial charge >= 0.3 is 0 Å². The van der Waals surface area contributed by atoms with Gasteiger partial charge in [0, 0.05) is 74.3 Å². The first-order chi connectivity index (χ1) is 35.5. The molecule has 2 aliphatic carbocycles. The molecule has 0 aliphatic heterocycles. The molecule has 0 saturated heterocycles. The van der Waals surface area contributed by atoms with Gasteiger partial charge in [0.25, 0.3) is 11.1 Å². The standard InChI is InChI=1S/C29H34N4O3.C24H31N3O.C5H4ClNO2/c1-4-35-26-12-10-21(11-13-26)15-24-16-23-17-25(32(3)29(34)27-14-20(2)36-31-27)18-30-28(23)33(24)19-22-8-6-5-7-9-22;1-3-28-23-11-9-18(10-12-23)13-22-15-20-14-21(25-2)16-26-24(20)27(22)17-19-7-5-4-6-8-19;1-3-2-4(5(6)8)7-9-3/h10-14,16-18,22H,4-9,15,19H2,1-3H3;9-12,14-16,19,25H,3-8,13,17H2,1-2H3;2H,1H3. The number of anilines is 2. The van der Waals surface area contributed by atoms with E-state index >= 15 is 0 Å². The summed E-state index contributed by atoms with van der Waals surface area (Å²) >= 11 is 5.06. The molecule has 1 N–H and O–H groups in total. The number of benzene rings is 2.